The van der Waals surface area contributed by atoms with Gasteiger partial charge in [-0.3, -0.25) is 0 Å². The van der Waals surface area contributed by atoms with Crippen molar-refractivity contribution in [3.8, 4) is 0 Å². The highest BCUT2D eigenvalue weighted by atomic mass is 35.5. The molecule has 1 aromatic rings. The van der Waals surface area contributed by atoms with Crippen molar-refractivity contribution in [3.63, 3.8) is 0 Å². The third kappa shape index (κ3) is 1.95. The van der Waals surface area contributed by atoms with Crippen molar-refractivity contribution in [1.29, 1.82) is 0 Å². The zero-order valence-corrected chi connectivity index (χ0v) is 9.92. The normalized spacial score (nSPS) is 16.4. The molecule has 80 valence electrons. The summed E-state index contributed by atoms with van der Waals surface area (Å²) in [5.41, 5.74) is 6.22. The molecule has 0 amide bonds. The minimum atomic E-state index is -3.03. The van der Waals surface area contributed by atoms with Crippen LogP contribution in [0.15, 0.2) is 15.7 Å². The zero-order chi connectivity index (χ0) is 9.47. The van der Waals surface area contributed by atoms with Crippen LogP contribution < -0.4 is 5.73 Å². The summed E-state index contributed by atoms with van der Waals surface area (Å²) in [7, 11) is -3.03. The summed E-state index contributed by atoms with van der Waals surface area (Å²) >= 11 is 1.28. The molecule has 1 fully saturated rings. The average molecular weight is 254 g/mol. The first-order valence-corrected chi connectivity index (χ1v) is 6.59. The van der Waals surface area contributed by atoms with Crippen LogP contribution in [-0.2, 0) is 16.4 Å². The maximum Gasteiger partial charge on any atom is 0.190 e. The van der Waals surface area contributed by atoms with Crippen LogP contribution in [0, 0.1) is 0 Å². The molecule has 2 rings (SSSR count). The molecule has 1 aliphatic rings. The number of halogens is 1. The molecule has 14 heavy (non-hydrogen) atoms. The maximum absolute atomic E-state index is 11.8. The van der Waals surface area contributed by atoms with Crippen LogP contribution in [0.25, 0.3) is 0 Å². The molecule has 1 aromatic heterocycles. The number of nitrogens with two attached hydrogens (primary N) is 1. The van der Waals surface area contributed by atoms with Gasteiger partial charge in [0.1, 0.15) is 4.21 Å². The van der Waals surface area contributed by atoms with Gasteiger partial charge in [-0.2, -0.15) is 0 Å². The van der Waals surface area contributed by atoms with Gasteiger partial charge in [0.15, 0.2) is 9.84 Å². The standard InChI is InChI=1S/C8H11NO2S2.ClH/c9-5-6-3-4-12-8(6)13(10,11)7-1-2-7;/h3-4,7H,1-2,5,9H2;1H. The van der Waals surface area contributed by atoms with E-state index in [0.29, 0.717) is 10.8 Å². The van der Waals surface area contributed by atoms with Gasteiger partial charge < -0.3 is 5.73 Å². The molecule has 0 bridgehead atoms. The highest BCUT2D eigenvalue weighted by Gasteiger charge is 2.38. The molecule has 3 nitrogen and oxygen atoms in total. The van der Waals surface area contributed by atoms with Crippen LogP contribution in [-0.4, -0.2) is 13.7 Å². The Morgan fingerprint density at radius 3 is 2.64 bits per heavy atom. The molecule has 0 atom stereocenters. The SMILES string of the molecule is Cl.NCc1ccsc1S(=O)(=O)C1CC1. The molecule has 2 N–H and O–H groups in total. The van der Waals surface area contributed by atoms with Crippen LogP contribution >= 0.6 is 23.7 Å². The molecular formula is C8H12ClNO2S2. The third-order valence-corrected chi connectivity index (χ3v) is 6.01. The fourth-order valence-corrected chi connectivity index (χ4v) is 4.60. The zero-order valence-electron chi connectivity index (χ0n) is 7.47. The Balaban J connectivity index is 0.000000980. The first kappa shape index (κ1) is 12.0. The Hall–Kier alpha value is -0.100. The van der Waals surface area contributed by atoms with Crippen LogP contribution in [0.2, 0.25) is 0 Å². The van der Waals surface area contributed by atoms with E-state index in [4.69, 9.17) is 5.73 Å². The van der Waals surface area contributed by atoms with E-state index < -0.39 is 9.84 Å². The van der Waals surface area contributed by atoms with E-state index in [0.717, 1.165) is 18.4 Å². The lowest BCUT2D eigenvalue weighted by molar-refractivity contribution is 0.596. The number of thiophene rings is 1. The molecule has 6 heteroatoms. The van der Waals surface area contributed by atoms with Gasteiger partial charge in [-0.15, -0.1) is 23.7 Å². The Kier molecular flexibility index (Phi) is 3.58. The number of hydrogen-bond donors (Lipinski definition) is 1. The van der Waals surface area contributed by atoms with Crippen molar-refractivity contribution in [2.45, 2.75) is 28.8 Å². The van der Waals surface area contributed by atoms with Crippen molar-refractivity contribution >= 4 is 33.6 Å². The monoisotopic (exact) mass is 253 g/mol. The summed E-state index contributed by atoms with van der Waals surface area (Å²) in [5.74, 6) is 0. The second kappa shape index (κ2) is 4.18. The summed E-state index contributed by atoms with van der Waals surface area (Å²) in [6, 6.07) is 1.79. The summed E-state index contributed by atoms with van der Waals surface area (Å²) in [5, 5.41) is 1.66. The van der Waals surface area contributed by atoms with Crippen molar-refractivity contribution in [1.82, 2.24) is 0 Å². The molecule has 0 aliphatic heterocycles. The second-order valence-electron chi connectivity index (χ2n) is 3.18. The van der Waals surface area contributed by atoms with Crippen molar-refractivity contribution in [3.05, 3.63) is 17.0 Å². The van der Waals surface area contributed by atoms with E-state index in [1.807, 2.05) is 0 Å². The van der Waals surface area contributed by atoms with Gasteiger partial charge in [-0.25, -0.2) is 8.42 Å². The third-order valence-electron chi connectivity index (χ3n) is 2.15. The van der Waals surface area contributed by atoms with Crippen molar-refractivity contribution < 1.29 is 8.42 Å². The Labute approximate surface area is 93.6 Å². The highest BCUT2D eigenvalue weighted by molar-refractivity contribution is 7.94. The smallest absolute Gasteiger partial charge is 0.190 e. The van der Waals surface area contributed by atoms with E-state index in [2.05, 4.69) is 0 Å². The van der Waals surface area contributed by atoms with Crippen LogP contribution in [0.1, 0.15) is 18.4 Å². The van der Waals surface area contributed by atoms with E-state index >= 15 is 0 Å². The molecule has 0 spiro atoms. The maximum atomic E-state index is 11.8. The summed E-state index contributed by atoms with van der Waals surface area (Å²) in [6.45, 7) is 0.310. The summed E-state index contributed by atoms with van der Waals surface area (Å²) in [4.78, 5) is 0. The molecule has 1 aliphatic carbocycles. The van der Waals surface area contributed by atoms with Crippen LogP contribution in [0.4, 0.5) is 0 Å². The highest BCUT2D eigenvalue weighted by Crippen LogP contribution is 2.37. The largest absolute Gasteiger partial charge is 0.326 e. The number of rotatable bonds is 3. The van der Waals surface area contributed by atoms with Gasteiger partial charge in [0.05, 0.1) is 5.25 Å². The fraction of sp³-hybridized carbons (Fsp3) is 0.500. The summed E-state index contributed by atoms with van der Waals surface area (Å²) < 4.78 is 24.1. The lowest BCUT2D eigenvalue weighted by Crippen LogP contribution is -2.09. The minimum Gasteiger partial charge on any atom is -0.326 e. The molecule has 1 heterocycles. The Bertz CT molecular complexity index is 409. The second-order valence-corrected chi connectivity index (χ2v) is 6.52. The van der Waals surface area contributed by atoms with Gasteiger partial charge >= 0.3 is 0 Å². The van der Waals surface area contributed by atoms with Gasteiger partial charge in [-0.05, 0) is 29.9 Å². The lowest BCUT2D eigenvalue weighted by Gasteiger charge is -2.01. The quantitative estimate of drug-likeness (QED) is 0.890. The van der Waals surface area contributed by atoms with E-state index in [1.165, 1.54) is 11.3 Å². The van der Waals surface area contributed by atoms with Gasteiger partial charge in [0.25, 0.3) is 0 Å². The van der Waals surface area contributed by atoms with Crippen LogP contribution in [0.3, 0.4) is 0 Å². The Morgan fingerprint density at radius 1 is 1.50 bits per heavy atom. The molecule has 0 saturated heterocycles. The lowest BCUT2D eigenvalue weighted by atomic mass is 10.3. The van der Waals surface area contributed by atoms with E-state index in [9.17, 15) is 8.42 Å². The van der Waals surface area contributed by atoms with Crippen LogP contribution in [0.5, 0.6) is 0 Å². The predicted molar refractivity (Wildman–Crippen MR) is 59.7 cm³/mol. The summed E-state index contributed by atoms with van der Waals surface area (Å²) in [6.07, 6.45) is 1.62. The first-order chi connectivity index (χ1) is 6.16. The van der Waals surface area contributed by atoms with E-state index in [1.54, 1.807) is 11.4 Å². The van der Waals surface area contributed by atoms with Crippen molar-refractivity contribution in [2.75, 3.05) is 0 Å². The molecule has 0 unspecified atom stereocenters. The topological polar surface area (TPSA) is 60.2 Å². The van der Waals surface area contributed by atoms with Gasteiger partial charge in [0.2, 0.25) is 0 Å². The Morgan fingerprint density at radius 2 is 2.14 bits per heavy atom. The number of sulfone groups is 1. The first-order valence-electron chi connectivity index (χ1n) is 4.16. The molecular weight excluding hydrogens is 242 g/mol. The van der Waals surface area contributed by atoms with Gasteiger partial charge in [-0.1, -0.05) is 0 Å². The predicted octanol–water partition coefficient (Wildman–Crippen LogP) is 1.56. The average Bonchev–Trinajstić information content (AvgIpc) is 2.84. The minimum absolute atomic E-state index is 0. The van der Waals surface area contributed by atoms with Gasteiger partial charge in [0, 0.05) is 6.54 Å². The molecule has 0 aromatic carbocycles. The number of hydrogen-bond acceptors (Lipinski definition) is 4. The molecule has 1 saturated carbocycles. The van der Waals surface area contributed by atoms with E-state index in [-0.39, 0.29) is 17.7 Å². The molecule has 0 radical (unpaired) electrons. The fourth-order valence-electron chi connectivity index (χ4n) is 1.25. The van der Waals surface area contributed by atoms with Crippen molar-refractivity contribution in [2.24, 2.45) is 5.73 Å².